The molecule has 2 heterocycles. The standard InChI is InChI=1S/C14H21BrN2O3S/c1-4-16(12-5-6-21(19,20)9-12)14(18)13-7-11(15)8-17(13)10(2)3/h7-8,10,12H,4-6,9H2,1-3H3. The lowest BCUT2D eigenvalue weighted by atomic mass is 10.2. The predicted molar refractivity (Wildman–Crippen MR) is 86.3 cm³/mol. The van der Waals surface area contributed by atoms with Crippen molar-refractivity contribution in [1.29, 1.82) is 0 Å². The number of hydrogen-bond acceptors (Lipinski definition) is 3. The number of hydrogen-bond donors (Lipinski definition) is 0. The van der Waals surface area contributed by atoms with Crippen LogP contribution in [-0.2, 0) is 9.84 Å². The van der Waals surface area contributed by atoms with Gasteiger partial charge in [-0.2, -0.15) is 0 Å². The molecule has 5 nitrogen and oxygen atoms in total. The summed E-state index contributed by atoms with van der Waals surface area (Å²) in [5, 5.41) is 0. The second-order valence-corrected chi connectivity index (χ2v) is 8.84. The van der Waals surface area contributed by atoms with E-state index in [1.165, 1.54) is 0 Å². The smallest absolute Gasteiger partial charge is 0.270 e. The Balaban J connectivity index is 2.29. The van der Waals surface area contributed by atoms with Gasteiger partial charge in [0.05, 0.1) is 11.5 Å². The SMILES string of the molecule is CCN(C(=O)c1cc(Br)cn1C(C)C)C1CCS(=O)(=O)C1. The second kappa shape index (κ2) is 6.12. The number of rotatable bonds is 4. The van der Waals surface area contributed by atoms with Crippen LogP contribution < -0.4 is 0 Å². The fourth-order valence-electron chi connectivity index (χ4n) is 2.78. The van der Waals surface area contributed by atoms with Gasteiger partial charge in [0.1, 0.15) is 5.69 Å². The van der Waals surface area contributed by atoms with Gasteiger partial charge < -0.3 is 9.47 Å². The maximum Gasteiger partial charge on any atom is 0.270 e. The number of sulfone groups is 1. The first-order chi connectivity index (χ1) is 9.75. The molecule has 2 rings (SSSR count). The monoisotopic (exact) mass is 376 g/mol. The van der Waals surface area contributed by atoms with Crippen LogP contribution in [0.4, 0.5) is 0 Å². The molecule has 0 saturated carbocycles. The Kier molecular flexibility index (Phi) is 4.82. The fourth-order valence-corrected chi connectivity index (χ4v) is 4.95. The molecular formula is C14H21BrN2O3S. The van der Waals surface area contributed by atoms with Gasteiger partial charge in [0.15, 0.2) is 9.84 Å². The maximum absolute atomic E-state index is 12.8. The Morgan fingerprint density at radius 3 is 2.67 bits per heavy atom. The molecule has 1 aliphatic rings. The molecule has 0 aromatic carbocycles. The van der Waals surface area contributed by atoms with Gasteiger partial charge in [0.2, 0.25) is 0 Å². The summed E-state index contributed by atoms with van der Waals surface area (Å²) in [5.74, 6) is 0.158. The zero-order valence-electron chi connectivity index (χ0n) is 12.5. The molecule has 0 radical (unpaired) electrons. The molecule has 7 heteroatoms. The summed E-state index contributed by atoms with van der Waals surface area (Å²) < 4.78 is 26.1. The van der Waals surface area contributed by atoms with Crippen LogP contribution in [-0.4, -0.2) is 47.9 Å². The van der Waals surface area contributed by atoms with Crippen LogP contribution in [0.1, 0.15) is 43.7 Å². The summed E-state index contributed by atoms with van der Waals surface area (Å²) in [7, 11) is -3.00. The van der Waals surface area contributed by atoms with Crippen molar-refractivity contribution in [3.63, 3.8) is 0 Å². The quantitative estimate of drug-likeness (QED) is 0.810. The van der Waals surface area contributed by atoms with Crippen molar-refractivity contribution in [2.45, 2.75) is 39.3 Å². The molecule has 1 aromatic heterocycles. The topological polar surface area (TPSA) is 59.4 Å². The van der Waals surface area contributed by atoms with Crippen molar-refractivity contribution >= 4 is 31.7 Å². The molecule has 1 atom stereocenters. The fraction of sp³-hybridized carbons (Fsp3) is 0.643. The molecule has 1 aliphatic heterocycles. The summed E-state index contributed by atoms with van der Waals surface area (Å²) in [6.07, 6.45) is 2.42. The van der Waals surface area contributed by atoms with Crippen LogP contribution in [0, 0.1) is 0 Å². The molecule has 1 amide bonds. The summed E-state index contributed by atoms with van der Waals surface area (Å²) in [4.78, 5) is 14.5. The van der Waals surface area contributed by atoms with E-state index >= 15 is 0 Å². The highest BCUT2D eigenvalue weighted by atomic mass is 79.9. The first kappa shape index (κ1) is 16.5. The highest BCUT2D eigenvalue weighted by Gasteiger charge is 2.35. The zero-order chi connectivity index (χ0) is 15.8. The lowest BCUT2D eigenvalue weighted by molar-refractivity contribution is 0.0695. The van der Waals surface area contributed by atoms with Crippen LogP contribution in [0.2, 0.25) is 0 Å². The molecule has 0 N–H and O–H groups in total. The normalized spacial score (nSPS) is 20.9. The third-order valence-corrected chi connectivity index (χ3v) is 6.03. The Labute approximate surface area is 134 Å². The largest absolute Gasteiger partial charge is 0.340 e. The average molecular weight is 377 g/mol. The third kappa shape index (κ3) is 3.51. The van der Waals surface area contributed by atoms with Crippen molar-refractivity contribution in [2.75, 3.05) is 18.1 Å². The van der Waals surface area contributed by atoms with Crippen LogP contribution >= 0.6 is 15.9 Å². The van der Waals surface area contributed by atoms with Gasteiger partial charge in [-0.1, -0.05) is 0 Å². The number of aromatic nitrogens is 1. The average Bonchev–Trinajstić information content (AvgIpc) is 2.93. The van der Waals surface area contributed by atoms with Gasteiger partial charge in [-0.15, -0.1) is 0 Å². The lowest BCUT2D eigenvalue weighted by Gasteiger charge is -2.27. The van der Waals surface area contributed by atoms with E-state index in [0.717, 1.165) is 4.47 Å². The minimum Gasteiger partial charge on any atom is -0.340 e. The van der Waals surface area contributed by atoms with E-state index in [0.29, 0.717) is 18.7 Å². The van der Waals surface area contributed by atoms with E-state index in [-0.39, 0.29) is 29.5 Å². The molecule has 21 heavy (non-hydrogen) atoms. The van der Waals surface area contributed by atoms with Gasteiger partial charge in [0, 0.05) is 29.3 Å². The molecule has 0 bridgehead atoms. The molecule has 1 unspecified atom stereocenters. The molecule has 1 fully saturated rings. The molecule has 0 spiro atoms. The van der Waals surface area contributed by atoms with Gasteiger partial charge in [-0.05, 0) is 49.2 Å². The van der Waals surface area contributed by atoms with Gasteiger partial charge in [-0.25, -0.2) is 8.42 Å². The van der Waals surface area contributed by atoms with Crippen LogP contribution in [0.5, 0.6) is 0 Å². The van der Waals surface area contributed by atoms with Crippen LogP contribution in [0.25, 0.3) is 0 Å². The van der Waals surface area contributed by atoms with Crippen molar-refractivity contribution in [3.8, 4) is 0 Å². The number of nitrogens with zero attached hydrogens (tertiary/aromatic N) is 2. The van der Waals surface area contributed by atoms with E-state index in [4.69, 9.17) is 0 Å². The summed E-state index contributed by atoms with van der Waals surface area (Å²) in [6, 6.07) is 1.76. The number of carbonyl (C=O) groups excluding carboxylic acids is 1. The first-order valence-corrected chi connectivity index (χ1v) is 9.75. The molecular weight excluding hydrogens is 356 g/mol. The number of amides is 1. The van der Waals surface area contributed by atoms with Crippen LogP contribution in [0.15, 0.2) is 16.7 Å². The van der Waals surface area contributed by atoms with E-state index in [1.807, 2.05) is 31.5 Å². The Morgan fingerprint density at radius 1 is 1.52 bits per heavy atom. The van der Waals surface area contributed by atoms with Crippen molar-refractivity contribution in [3.05, 3.63) is 22.4 Å². The third-order valence-electron chi connectivity index (χ3n) is 3.84. The molecule has 0 aliphatic carbocycles. The minimum atomic E-state index is -3.00. The first-order valence-electron chi connectivity index (χ1n) is 7.14. The van der Waals surface area contributed by atoms with E-state index in [2.05, 4.69) is 15.9 Å². The number of carbonyl (C=O) groups is 1. The number of halogens is 1. The van der Waals surface area contributed by atoms with E-state index < -0.39 is 9.84 Å². The second-order valence-electron chi connectivity index (χ2n) is 5.69. The summed E-state index contributed by atoms with van der Waals surface area (Å²) in [6.45, 7) is 6.43. The van der Waals surface area contributed by atoms with E-state index in [9.17, 15) is 13.2 Å². The van der Waals surface area contributed by atoms with Crippen LogP contribution in [0.3, 0.4) is 0 Å². The zero-order valence-corrected chi connectivity index (χ0v) is 14.9. The molecule has 1 aromatic rings. The molecule has 118 valence electrons. The van der Waals surface area contributed by atoms with Crippen molar-refractivity contribution in [2.24, 2.45) is 0 Å². The van der Waals surface area contributed by atoms with Gasteiger partial charge >= 0.3 is 0 Å². The Morgan fingerprint density at radius 2 is 2.19 bits per heavy atom. The summed E-state index contributed by atoms with van der Waals surface area (Å²) in [5.41, 5.74) is 0.600. The lowest BCUT2D eigenvalue weighted by Crippen LogP contribution is -2.41. The highest BCUT2D eigenvalue weighted by molar-refractivity contribution is 9.10. The minimum absolute atomic E-state index is 0.0795. The van der Waals surface area contributed by atoms with Gasteiger partial charge in [0.25, 0.3) is 5.91 Å². The Bertz CT molecular complexity index is 637. The Hall–Kier alpha value is -0.820. The van der Waals surface area contributed by atoms with E-state index in [1.54, 1.807) is 11.0 Å². The van der Waals surface area contributed by atoms with Crippen molar-refractivity contribution < 1.29 is 13.2 Å². The predicted octanol–water partition coefficient (Wildman–Crippen LogP) is 2.48. The molecule has 1 saturated heterocycles. The maximum atomic E-state index is 12.8. The highest BCUT2D eigenvalue weighted by Crippen LogP contribution is 2.24. The summed E-state index contributed by atoms with van der Waals surface area (Å²) >= 11 is 3.40. The van der Waals surface area contributed by atoms with Gasteiger partial charge in [-0.3, -0.25) is 4.79 Å². The van der Waals surface area contributed by atoms with Crippen molar-refractivity contribution in [1.82, 2.24) is 9.47 Å².